The van der Waals surface area contributed by atoms with E-state index in [-0.39, 0.29) is 17.1 Å². The molecule has 0 unspecified atom stereocenters. The van der Waals surface area contributed by atoms with Crippen LogP contribution in [-0.4, -0.2) is 30.1 Å². The van der Waals surface area contributed by atoms with Crippen LogP contribution >= 0.6 is 0 Å². The summed E-state index contributed by atoms with van der Waals surface area (Å²) in [5.41, 5.74) is 3.04. The van der Waals surface area contributed by atoms with Gasteiger partial charge in [0, 0.05) is 16.8 Å². The Morgan fingerprint density at radius 1 is 0.933 bits per heavy atom. The molecule has 0 heterocycles. The second-order valence-corrected chi connectivity index (χ2v) is 9.58. The first-order chi connectivity index (χ1) is 14.3. The minimum Gasteiger partial charge on any atom is -0.301 e. The highest BCUT2D eigenvalue weighted by molar-refractivity contribution is 7.70. The largest absolute Gasteiger partial charge is 0.301 e. The third-order valence-electron chi connectivity index (χ3n) is 5.83. The Morgan fingerprint density at radius 2 is 1.40 bits per heavy atom. The molecule has 2 N–H and O–H groups in total. The van der Waals surface area contributed by atoms with E-state index in [0.29, 0.717) is 0 Å². The molecule has 1 fully saturated rings. The van der Waals surface area contributed by atoms with Crippen LogP contribution in [0, 0.1) is 0 Å². The Bertz CT molecular complexity index is 673. The number of hydrogen-bond acceptors (Lipinski definition) is 5. The fraction of sp³-hybridized carbons (Fsp3) is 0.500. The van der Waals surface area contributed by atoms with Crippen molar-refractivity contribution in [2.75, 3.05) is 14.2 Å². The summed E-state index contributed by atoms with van der Waals surface area (Å²) in [6, 6.07) is 21.7. The Balaban J connectivity index is 0.000000274. The van der Waals surface area contributed by atoms with Crippen LogP contribution < -0.4 is 5.90 Å². The van der Waals surface area contributed by atoms with Gasteiger partial charge >= 0.3 is 0 Å². The van der Waals surface area contributed by atoms with Crippen LogP contribution in [0.4, 0.5) is 0 Å². The van der Waals surface area contributed by atoms with Gasteiger partial charge in [-0.25, -0.2) is 5.90 Å². The summed E-state index contributed by atoms with van der Waals surface area (Å²) in [7, 11) is 3.48. The Labute approximate surface area is 186 Å². The van der Waals surface area contributed by atoms with Gasteiger partial charge in [0.1, 0.15) is 0 Å². The highest BCUT2D eigenvalue weighted by Gasteiger charge is 2.38. The van der Waals surface area contributed by atoms with Crippen LogP contribution in [0.25, 0.3) is 0 Å². The normalized spacial score (nSPS) is 16.8. The third kappa shape index (κ3) is 6.80. The zero-order chi connectivity index (χ0) is 22.0. The van der Waals surface area contributed by atoms with E-state index < -0.39 is 0 Å². The minimum absolute atomic E-state index is 0.109. The fourth-order valence-corrected chi connectivity index (χ4v) is 4.10. The summed E-state index contributed by atoms with van der Waals surface area (Å²) in [6.07, 6.45) is 4.40. The Hall–Kier alpha value is -1.41. The van der Waals surface area contributed by atoms with Crippen LogP contribution in [0.15, 0.2) is 60.7 Å². The lowest BCUT2D eigenvalue weighted by Gasteiger charge is -2.40. The Morgan fingerprint density at radius 3 is 1.77 bits per heavy atom. The van der Waals surface area contributed by atoms with Crippen LogP contribution in [0.5, 0.6) is 0 Å². The molecule has 0 radical (unpaired) electrons. The van der Waals surface area contributed by atoms with Gasteiger partial charge in [0.05, 0.1) is 18.8 Å². The van der Waals surface area contributed by atoms with E-state index in [2.05, 4.69) is 86.3 Å². The van der Waals surface area contributed by atoms with Gasteiger partial charge in [-0.3, -0.25) is 0 Å². The van der Waals surface area contributed by atoms with Gasteiger partial charge in [-0.2, -0.15) is 4.89 Å². The monoisotopic (exact) mass is 433 g/mol. The van der Waals surface area contributed by atoms with Crippen molar-refractivity contribution in [3.63, 3.8) is 0 Å². The first kappa shape index (κ1) is 24.9. The molecule has 3 rings (SSSR count). The molecule has 1 saturated carbocycles. The standard InChI is InChI=1S/C18H21NO.C6H15NO2S/c19-20-17-11-13-18(14-12-17,15-7-3-1-4-8-15)16-9-5-2-6-10-16;1-6(2,3)7(4)10-9-8-5/h1-10,17H,11-14,19H2;1-5H3/p+1. The number of benzene rings is 2. The molecule has 1 aliphatic rings. The summed E-state index contributed by atoms with van der Waals surface area (Å²) in [5, 5.41) is 0. The molecule has 5 nitrogen and oxygen atoms in total. The molecule has 0 atom stereocenters. The zero-order valence-corrected chi connectivity index (χ0v) is 19.8. The van der Waals surface area contributed by atoms with E-state index >= 15 is 0 Å². The van der Waals surface area contributed by atoms with Crippen molar-refractivity contribution in [2.24, 2.45) is 5.90 Å². The Kier molecular flexibility index (Phi) is 9.81. The maximum Gasteiger partial charge on any atom is 0.265 e. The van der Waals surface area contributed by atoms with Crippen LogP contribution in [-0.2, 0) is 31.7 Å². The average Bonchev–Trinajstić information content (AvgIpc) is 2.78. The van der Waals surface area contributed by atoms with E-state index in [1.54, 1.807) is 0 Å². The molecule has 1 aliphatic carbocycles. The van der Waals surface area contributed by atoms with Gasteiger partial charge in [0.15, 0.2) is 0 Å². The molecule has 0 aliphatic heterocycles. The first-order valence-corrected chi connectivity index (χ1v) is 11.2. The number of nitrogens with two attached hydrogens (primary N) is 1. The molecule has 2 aromatic carbocycles. The predicted octanol–water partition coefficient (Wildman–Crippen LogP) is 4.75. The van der Waals surface area contributed by atoms with Crippen molar-refractivity contribution in [3.05, 3.63) is 71.8 Å². The van der Waals surface area contributed by atoms with Crippen molar-refractivity contribution in [3.8, 4) is 0 Å². The van der Waals surface area contributed by atoms with Crippen LogP contribution in [0.3, 0.4) is 0 Å². The lowest BCUT2D eigenvalue weighted by Crippen LogP contribution is -2.37. The van der Waals surface area contributed by atoms with Crippen LogP contribution in [0.2, 0.25) is 0 Å². The third-order valence-corrected chi connectivity index (χ3v) is 6.89. The van der Waals surface area contributed by atoms with E-state index in [0.717, 1.165) is 37.9 Å². The zero-order valence-electron chi connectivity index (χ0n) is 18.9. The molecule has 0 bridgehead atoms. The van der Waals surface area contributed by atoms with Gasteiger partial charge < -0.3 is 4.84 Å². The maximum atomic E-state index is 5.37. The average molecular weight is 434 g/mol. The number of nitrogens with zero attached hydrogens (tertiary/aromatic N) is 1. The van der Waals surface area contributed by atoms with Gasteiger partial charge in [-0.15, -0.1) is 0 Å². The lowest BCUT2D eigenvalue weighted by atomic mass is 9.65. The quantitative estimate of drug-likeness (QED) is 0.308. The maximum absolute atomic E-state index is 5.37. The topological polar surface area (TPSA) is 57.0 Å². The second-order valence-electron chi connectivity index (χ2n) is 8.67. The molecule has 0 saturated heterocycles. The molecular formula is C24H37N2O3S+. The summed E-state index contributed by atoms with van der Waals surface area (Å²) in [4.78, 5) is 9.51. The summed E-state index contributed by atoms with van der Waals surface area (Å²) < 4.78 is 6.74. The molecule has 0 amide bonds. The molecule has 30 heavy (non-hydrogen) atoms. The first-order valence-electron chi connectivity index (χ1n) is 10.4. The molecule has 2 aromatic rings. The van der Waals surface area contributed by atoms with Crippen molar-refractivity contribution in [1.82, 2.24) is 4.31 Å². The summed E-state index contributed by atoms with van der Waals surface area (Å²) in [6.45, 7) is 6.33. The van der Waals surface area contributed by atoms with Crippen molar-refractivity contribution in [2.45, 2.75) is 63.5 Å². The fourth-order valence-electron chi connectivity index (χ4n) is 3.68. The van der Waals surface area contributed by atoms with Gasteiger partial charge in [0.2, 0.25) is 0 Å². The highest BCUT2D eigenvalue weighted by Crippen LogP contribution is 2.45. The summed E-state index contributed by atoms with van der Waals surface area (Å²) >= 11 is 0.731. The SMILES string of the molecule is COO[SH+]N(C)C(C)(C)C.NOC1CCC(c2ccccc2)(c2ccccc2)CC1. The smallest absolute Gasteiger partial charge is 0.265 e. The number of rotatable bonds is 6. The minimum atomic E-state index is 0.109. The summed E-state index contributed by atoms with van der Waals surface area (Å²) in [5.74, 6) is 5.37. The van der Waals surface area contributed by atoms with E-state index in [9.17, 15) is 0 Å². The van der Waals surface area contributed by atoms with Crippen molar-refractivity contribution < 1.29 is 14.1 Å². The van der Waals surface area contributed by atoms with E-state index in [1.807, 2.05) is 11.4 Å². The van der Waals surface area contributed by atoms with Crippen molar-refractivity contribution >= 4 is 12.2 Å². The molecular weight excluding hydrogens is 396 g/mol. The van der Waals surface area contributed by atoms with Gasteiger partial charge in [-0.05, 0) is 57.6 Å². The highest BCUT2D eigenvalue weighted by atomic mass is 32.2. The number of hydrogen-bond donors (Lipinski definition) is 1. The van der Waals surface area contributed by atoms with E-state index in [4.69, 9.17) is 15.1 Å². The molecule has 0 aromatic heterocycles. The second kappa shape index (κ2) is 11.8. The van der Waals surface area contributed by atoms with Crippen molar-refractivity contribution in [1.29, 1.82) is 0 Å². The van der Waals surface area contributed by atoms with Gasteiger partial charge in [-0.1, -0.05) is 65.0 Å². The lowest BCUT2D eigenvalue weighted by molar-refractivity contribution is -0.166. The molecule has 6 heteroatoms. The predicted molar refractivity (Wildman–Crippen MR) is 126 cm³/mol. The molecule has 0 spiro atoms. The molecule has 166 valence electrons. The van der Waals surface area contributed by atoms with E-state index in [1.165, 1.54) is 18.2 Å². The number of thiol groups is 1. The van der Waals surface area contributed by atoms with Gasteiger partial charge in [0.25, 0.3) is 12.2 Å². The van der Waals surface area contributed by atoms with Crippen LogP contribution in [0.1, 0.15) is 57.6 Å².